The van der Waals surface area contributed by atoms with Gasteiger partial charge in [0.2, 0.25) is 5.91 Å². The molecule has 0 spiro atoms. The molecule has 1 aliphatic carbocycles. The van der Waals surface area contributed by atoms with E-state index in [-0.39, 0.29) is 18.4 Å². The minimum absolute atomic E-state index is 0.0196. The van der Waals surface area contributed by atoms with Gasteiger partial charge in [0, 0.05) is 17.2 Å². The van der Waals surface area contributed by atoms with Crippen LogP contribution in [0.15, 0.2) is 24.3 Å². The Morgan fingerprint density at radius 1 is 1.25 bits per heavy atom. The molecule has 0 heterocycles. The number of esters is 1. The molecule has 2 unspecified atom stereocenters. The van der Waals surface area contributed by atoms with Crippen LogP contribution in [0.2, 0.25) is 0 Å². The summed E-state index contributed by atoms with van der Waals surface area (Å²) in [4.78, 5) is 35.7. The molecule has 0 saturated heterocycles. The van der Waals surface area contributed by atoms with Crippen LogP contribution in [0.25, 0.3) is 0 Å². The molecule has 2 N–H and O–H groups in total. The number of rotatable bonds is 5. The largest absolute Gasteiger partial charge is 0.459 e. The van der Waals surface area contributed by atoms with E-state index in [4.69, 9.17) is 4.74 Å². The standard InChI is InChI=1S/C18H24N2O4/c1-11-8-14(11)17(23)20-13-7-5-6-12(9-13)16(22)19-10-15(21)24-18(2,3)4/h5-7,9,11,14H,8,10H2,1-4H3,(H,19,22)(H,20,23). The van der Waals surface area contributed by atoms with Crippen LogP contribution < -0.4 is 10.6 Å². The van der Waals surface area contributed by atoms with Crippen molar-refractivity contribution in [2.24, 2.45) is 11.8 Å². The van der Waals surface area contributed by atoms with Gasteiger partial charge in [0.05, 0.1) is 0 Å². The van der Waals surface area contributed by atoms with Gasteiger partial charge in [0.1, 0.15) is 12.1 Å². The van der Waals surface area contributed by atoms with E-state index in [1.165, 1.54) is 0 Å². The van der Waals surface area contributed by atoms with E-state index in [0.717, 1.165) is 6.42 Å². The lowest BCUT2D eigenvalue weighted by atomic mass is 10.2. The van der Waals surface area contributed by atoms with E-state index in [1.54, 1.807) is 45.0 Å². The molecule has 1 fully saturated rings. The fourth-order valence-electron chi connectivity index (χ4n) is 2.29. The first-order valence-corrected chi connectivity index (χ1v) is 8.06. The molecule has 1 aromatic carbocycles. The van der Waals surface area contributed by atoms with Crippen molar-refractivity contribution in [3.63, 3.8) is 0 Å². The number of hydrogen-bond acceptors (Lipinski definition) is 4. The van der Waals surface area contributed by atoms with Crippen LogP contribution in [0.4, 0.5) is 5.69 Å². The second-order valence-corrected chi connectivity index (χ2v) is 7.16. The monoisotopic (exact) mass is 332 g/mol. The molecule has 0 radical (unpaired) electrons. The summed E-state index contributed by atoms with van der Waals surface area (Å²) >= 11 is 0. The maximum Gasteiger partial charge on any atom is 0.325 e. The lowest BCUT2D eigenvalue weighted by Crippen LogP contribution is -2.34. The third-order valence-electron chi connectivity index (χ3n) is 3.65. The average Bonchev–Trinajstić information content (AvgIpc) is 3.20. The van der Waals surface area contributed by atoms with E-state index >= 15 is 0 Å². The number of carbonyl (C=O) groups is 3. The first kappa shape index (κ1) is 18.0. The lowest BCUT2D eigenvalue weighted by molar-refractivity contribution is -0.153. The third kappa shape index (κ3) is 5.37. The number of amides is 2. The second kappa shape index (κ2) is 7.03. The van der Waals surface area contributed by atoms with Crippen LogP contribution in [0.5, 0.6) is 0 Å². The Balaban J connectivity index is 1.89. The van der Waals surface area contributed by atoms with Crippen LogP contribution in [0, 0.1) is 11.8 Å². The van der Waals surface area contributed by atoms with Crippen molar-refractivity contribution >= 4 is 23.5 Å². The molecule has 1 saturated carbocycles. The molecule has 2 atom stereocenters. The molecule has 24 heavy (non-hydrogen) atoms. The lowest BCUT2D eigenvalue weighted by Gasteiger charge is -2.19. The van der Waals surface area contributed by atoms with Gasteiger partial charge in [-0.05, 0) is 51.3 Å². The highest BCUT2D eigenvalue weighted by Gasteiger charge is 2.39. The van der Waals surface area contributed by atoms with Crippen LogP contribution in [0.3, 0.4) is 0 Å². The van der Waals surface area contributed by atoms with Crippen LogP contribution in [-0.2, 0) is 14.3 Å². The van der Waals surface area contributed by atoms with Crippen LogP contribution in [-0.4, -0.2) is 29.9 Å². The number of ether oxygens (including phenoxy) is 1. The molecule has 0 aromatic heterocycles. The van der Waals surface area contributed by atoms with Gasteiger partial charge < -0.3 is 15.4 Å². The SMILES string of the molecule is CC1CC1C(=O)Nc1cccc(C(=O)NCC(=O)OC(C)(C)C)c1. The van der Waals surface area contributed by atoms with Crippen molar-refractivity contribution in [1.82, 2.24) is 5.32 Å². The maximum atomic E-state index is 12.1. The summed E-state index contributed by atoms with van der Waals surface area (Å²) in [6.45, 7) is 7.12. The van der Waals surface area contributed by atoms with Gasteiger partial charge in [-0.3, -0.25) is 14.4 Å². The zero-order chi connectivity index (χ0) is 17.9. The molecule has 1 aromatic rings. The zero-order valence-corrected chi connectivity index (χ0v) is 14.5. The van der Waals surface area contributed by atoms with E-state index in [0.29, 0.717) is 17.2 Å². The fourth-order valence-corrected chi connectivity index (χ4v) is 2.29. The highest BCUT2D eigenvalue weighted by Crippen LogP contribution is 2.38. The smallest absolute Gasteiger partial charge is 0.325 e. The quantitative estimate of drug-likeness (QED) is 0.811. The zero-order valence-electron chi connectivity index (χ0n) is 14.5. The van der Waals surface area contributed by atoms with Crippen LogP contribution >= 0.6 is 0 Å². The van der Waals surface area contributed by atoms with Crippen LogP contribution in [0.1, 0.15) is 44.5 Å². The molecular weight excluding hydrogens is 308 g/mol. The third-order valence-corrected chi connectivity index (χ3v) is 3.65. The summed E-state index contributed by atoms with van der Waals surface area (Å²) in [5.41, 5.74) is 0.357. The van der Waals surface area contributed by atoms with Crippen molar-refractivity contribution in [3.05, 3.63) is 29.8 Å². The predicted octanol–water partition coefficient (Wildman–Crippen LogP) is 2.35. The average molecular weight is 332 g/mol. The first-order valence-electron chi connectivity index (χ1n) is 8.06. The minimum atomic E-state index is -0.591. The number of nitrogens with one attached hydrogen (secondary N) is 2. The minimum Gasteiger partial charge on any atom is -0.459 e. The molecular formula is C18H24N2O4. The van der Waals surface area contributed by atoms with Crippen molar-refractivity contribution in [1.29, 1.82) is 0 Å². The Kier molecular flexibility index (Phi) is 5.26. The second-order valence-electron chi connectivity index (χ2n) is 7.16. The normalized spacial score (nSPS) is 19.3. The highest BCUT2D eigenvalue weighted by atomic mass is 16.6. The molecule has 0 bridgehead atoms. The fraction of sp³-hybridized carbons (Fsp3) is 0.500. The Bertz CT molecular complexity index is 649. The van der Waals surface area contributed by atoms with Crippen molar-refractivity contribution in [2.75, 3.05) is 11.9 Å². The van der Waals surface area contributed by atoms with Crippen molar-refractivity contribution < 1.29 is 19.1 Å². The maximum absolute atomic E-state index is 12.1. The Labute approximate surface area is 142 Å². The number of anilines is 1. The van der Waals surface area contributed by atoms with Gasteiger partial charge in [-0.2, -0.15) is 0 Å². The number of carbonyl (C=O) groups excluding carboxylic acids is 3. The van der Waals surface area contributed by atoms with E-state index < -0.39 is 17.5 Å². The van der Waals surface area contributed by atoms with E-state index in [2.05, 4.69) is 10.6 Å². The number of hydrogen-bond donors (Lipinski definition) is 2. The number of benzene rings is 1. The molecule has 6 heteroatoms. The first-order chi connectivity index (χ1) is 11.2. The molecule has 1 aliphatic rings. The van der Waals surface area contributed by atoms with Gasteiger partial charge in [-0.25, -0.2) is 0 Å². The van der Waals surface area contributed by atoms with E-state index in [1.807, 2.05) is 6.92 Å². The predicted molar refractivity (Wildman–Crippen MR) is 90.5 cm³/mol. The molecule has 6 nitrogen and oxygen atoms in total. The molecule has 130 valence electrons. The molecule has 2 rings (SSSR count). The van der Waals surface area contributed by atoms with E-state index in [9.17, 15) is 14.4 Å². The van der Waals surface area contributed by atoms with Crippen molar-refractivity contribution in [2.45, 2.75) is 39.7 Å². The summed E-state index contributed by atoms with van der Waals surface area (Å²) < 4.78 is 5.13. The van der Waals surface area contributed by atoms with Crippen molar-refractivity contribution in [3.8, 4) is 0 Å². The van der Waals surface area contributed by atoms with Gasteiger partial charge in [0.25, 0.3) is 5.91 Å². The Morgan fingerprint density at radius 3 is 2.50 bits per heavy atom. The molecule has 2 amide bonds. The summed E-state index contributed by atoms with van der Waals surface area (Å²) in [5.74, 6) is -0.423. The van der Waals surface area contributed by atoms with Gasteiger partial charge in [-0.1, -0.05) is 13.0 Å². The summed E-state index contributed by atoms with van der Waals surface area (Å²) in [6.07, 6.45) is 0.905. The van der Waals surface area contributed by atoms with Gasteiger partial charge in [0.15, 0.2) is 0 Å². The highest BCUT2D eigenvalue weighted by molar-refractivity contribution is 5.99. The topological polar surface area (TPSA) is 84.5 Å². The van der Waals surface area contributed by atoms with Gasteiger partial charge in [-0.15, -0.1) is 0 Å². The summed E-state index contributed by atoms with van der Waals surface area (Å²) in [6, 6.07) is 6.64. The Morgan fingerprint density at radius 2 is 1.92 bits per heavy atom. The summed E-state index contributed by atoms with van der Waals surface area (Å²) in [5, 5.41) is 5.33. The summed E-state index contributed by atoms with van der Waals surface area (Å²) in [7, 11) is 0. The molecule has 0 aliphatic heterocycles. The Hall–Kier alpha value is -2.37. The van der Waals surface area contributed by atoms with Gasteiger partial charge >= 0.3 is 5.97 Å².